The molecule has 1 aliphatic heterocycles. The minimum Gasteiger partial charge on any atom is -0.444 e. The highest BCUT2D eigenvalue weighted by Crippen LogP contribution is 2.29. The lowest BCUT2D eigenvalue weighted by atomic mass is 9.97. The first kappa shape index (κ1) is 20.3. The summed E-state index contributed by atoms with van der Waals surface area (Å²) in [6.45, 7) is 6.43. The number of carbonyl (C=O) groups excluding carboxylic acids is 2. The van der Waals surface area contributed by atoms with E-state index in [9.17, 15) is 9.59 Å². The Kier molecular flexibility index (Phi) is 5.42. The molecule has 1 atom stereocenters. The number of piperidine rings is 1. The van der Waals surface area contributed by atoms with Crippen LogP contribution in [0.3, 0.4) is 0 Å². The van der Waals surface area contributed by atoms with Gasteiger partial charge in [-0.15, -0.1) is 11.3 Å². The van der Waals surface area contributed by atoms with Crippen molar-refractivity contribution in [2.24, 2.45) is 5.92 Å². The van der Waals surface area contributed by atoms with Gasteiger partial charge in [-0.3, -0.25) is 4.79 Å². The van der Waals surface area contributed by atoms with Crippen LogP contribution in [0.1, 0.15) is 36.5 Å². The summed E-state index contributed by atoms with van der Waals surface area (Å²) in [5, 5.41) is 6.13. The van der Waals surface area contributed by atoms with Crippen molar-refractivity contribution in [1.82, 2.24) is 24.8 Å². The largest absolute Gasteiger partial charge is 0.444 e. The second kappa shape index (κ2) is 8.02. The lowest BCUT2D eigenvalue weighted by Gasteiger charge is -2.33. The minimum absolute atomic E-state index is 0. The normalized spacial score (nSPS) is 17.2. The van der Waals surface area contributed by atoms with Crippen molar-refractivity contribution in [3.8, 4) is 11.4 Å². The fourth-order valence-corrected chi connectivity index (χ4v) is 4.11. The van der Waals surface area contributed by atoms with Crippen LogP contribution >= 0.6 is 11.3 Å². The van der Waals surface area contributed by atoms with Crippen LogP contribution in [0, 0.1) is 5.92 Å². The van der Waals surface area contributed by atoms with E-state index in [2.05, 4.69) is 25.3 Å². The topological polar surface area (TPSA) is 113 Å². The number of aromatic nitrogens is 4. The molecule has 1 unspecified atom stereocenters. The Morgan fingerprint density at radius 3 is 3.00 bits per heavy atom. The van der Waals surface area contributed by atoms with Crippen LogP contribution in [0.4, 0.5) is 9.93 Å². The molecular formula is C20H28N6O3S. The number of aromatic amines is 1. The molecular weight excluding hydrogens is 404 g/mol. The van der Waals surface area contributed by atoms with Gasteiger partial charge in [0.05, 0.1) is 5.92 Å². The molecule has 10 heteroatoms. The van der Waals surface area contributed by atoms with E-state index in [4.69, 9.17) is 4.74 Å². The van der Waals surface area contributed by atoms with Crippen LogP contribution in [0.25, 0.3) is 22.4 Å². The Bertz CT molecular complexity index is 1080. The molecule has 3 aromatic rings. The molecule has 1 aliphatic rings. The number of amides is 2. The van der Waals surface area contributed by atoms with E-state index < -0.39 is 5.60 Å². The molecule has 0 radical (unpaired) electrons. The van der Waals surface area contributed by atoms with Crippen molar-refractivity contribution in [3.05, 3.63) is 24.0 Å². The Hall–Kier alpha value is -3.01. The molecule has 162 valence electrons. The third kappa shape index (κ3) is 4.43. The Balaban J connectivity index is 0.00000181. The second-order valence-corrected chi connectivity index (χ2v) is 9.11. The summed E-state index contributed by atoms with van der Waals surface area (Å²) in [5.41, 5.74) is 1.58. The molecule has 2 N–H and O–H groups in total. The van der Waals surface area contributed by atoms with Crippen LogP contribution in [-0.2, 0) is 9.53 Å². The number of thiazole rings is 1. The summed E-state index contributed by atoms with van der Waals surface area (Å²) in [6.07, 6.45) is 4.39. The molecule has 0 saturated carbocycles. The Morgan fingerprint density at radius 1 is 1.37 bits per heavy atom. The van der Waals surface area contributed by atoms with Gasteiger partial charge in [0.1, 0.15) is 29.0 Å². The van der Waals surface area contributed by atoms with Gasteiger partial charge in [-0.05, 0) is 39.7 Å². The molecule has 0 spiro atoms. The number of ether oxygens (including phenoxy) is 1. The van der Waals surface area contributed by atoms with Crippen LogP contribution in [0.15, 0.2) is 24.0 Å². The van der Waals surface area contributed by atoms with Gasteiger partial charge in [0.15, 0.2) is 5.13 Å². The predicted molar refractivity (Wildman–Crippen MR) is 118 cm³/mol. The number of H-pyrrole nitrogens is 1. The van der Waals surface area contributed by atoms with Crippen molar-refractivity contribution in [1.29, 1.82) is 0 Å². The number of hydrogen-bond donors (Lipinski definition) is 2. The highest BCUT2D eigenvalue weighted by atomic mass is 32.1. The number of rotatable bonds is 3. The third-order valence-electron chi connectivity index (χ3n) is 4.77. The zero-order valence-corrected chi connectivity index (χ0v) is 18.0. The van der Waals surface area contributed by atoms with Gasteiger partial charge in [0.2, 0.25) is 5.91 Å². The third-order valence-corrected chi connectivity index (χ3v) is 5.53. The van der Waals surface area contributed by atoms with Crippen molar-refractivity contribution >= 4 is 39.5 Å². The van der Waals surface area contributed by atoms with E-state index in [0.717, 1.165) is 23.9 Å². The van der Waals surface area contributed by atoms with Gasteiger partial charge >= 0.3 is 6.09 Å². The molecule has 9 nitrogen and oxygen atoms in total. The maximum atomic E-state index is 12.8. The molecule has 0 aromatic carbocycles. The van der Waals surface area contributed by atoms with Crippen LogP contribution < -0.4 is 5.32 Å². The predicted octanol–water partition coefficient (Wildman–Crippen LogP) is 4.16. The summed E-state index contributed by atoms with van der Waals surface area (Å²) in [7, 11) is 0. The molecule has 2 amide bonds. The molecule has 30 heavy (non-hydrogen) atoms. The summed E-state index contributed by atoms with van der Waals surface area (Å²) < 4.78 is 5.43. The first-order valence-electron chi connectivity index (χ1n) is 9.83. The van der Waals surface area contributed by atoms with Gasteiger partial charge in [-0.1, -0.05) is 0 Å². The van der Waals surface area contributed by atoms with Gasteiger partial charge in [-0.25, -0.2) is 19.7 Å². The smallest absolute Gasteiger partial charge is 0.410 e. The zero-order valence-electron chi connectivity index (χ0n) is 17.1. The lowest BCUT2D eigenvalue weighted by molar-refractivity contribution is -0.121. The molecule has 1 saturated heterocycles. The molecule has 3 aromatic heterocycles. The number of nitrogens with zero attached hydrogens (tertiary/aromatic N) is 4. The van der Waals surface area contributed by atoms with Crippen LogP contribution in [-0.4, -0.2) is 55.5 Å². The quantitative estimate of drug-likeness (QED) is 0.642. The average Bonchev–Trinajstić information content (AvgIpc) is 3.36. The Labute approximate surface area is 180 Å². The fraction of sp³-hybridized carbons (Fsp3) is 0.450. The molecule has 0 bridgehead atoms. The Morgan fingerprint density at radius 2 is 2.20 bits per heavy atom. The number of anilines is 1. The van der Waals surface area contributed by atoms with Crippen LogP contribution in [0.5, 0.6) is 0 Å². The van der Waals surface area contributed by atoms with E-state index in [-0.39, 0.29) is 20.8 Å². The standard InChI is InChI=1S/C20H24N6O3S.2H2/c1-20(2,3)29-19(28)26-8-4-5-12(9-26)17(27)25-18-24-14(10-30-18)15-13-6-7-21-16(13)23-11-22-15;;/h6-7,10-12H,4-5,8-9H2,1-3H3,(H,21,22,23)(H,24,25,27);2*1H. The molecule has 0 aliphatic carbocycles. The summed E-state index contributed by atoms with van der Waals surface area (Å²) in [6, 6.07) is 1.90. The number of nitrogens with one attached hydrogen (secondary N) is 2. The van der Waals surface area contributed by atoms with Gasteiger partial charge in [0, 0.05) is 32.9 Å². The highest BCUT2D eigenvalue weighted by molar-refractivity contribution is 7.14. The minimum atomic E-state index is -0.560. The summed E-state index contributed by atoms with van der Waals surface area (Å²) >= 11 is 1.34. The zero-order chi connectivity index (χ0) is 21.3. The van der Waals surface area contributed by atoms with Crippen molar-refractivity contribution in [2.45, 2.75) is 39.2 Å². The van der Waals surface area contributed by atoms with E-state index in [1.165, 1.54) is 17.7 Å². The second-order valence-electron chi connectivity index (χ2n) is 8.25. The first-order valence-corrected chi connectivity index (χ1v) is 10.7. The van der Waals surface area contributed by atoms with E-state index in [1.807, 2.05) is 32.2 Å². The van der Waals surface area contributed by atoms with Gasteiger partial charge in [-0.2, -0.15) is 0 Å². The first-order chi connectivity index (χ1) is 14.3. The van der Waals surface area contributed by atoms with Crippen LogP contribution in [0.2, 0.25) is 0 Å². The van der Waals surface area contributed by atoms with Crippen molar-refractivity contribution in [2.75, 3.05) is 18.4 Å². The van der Waals surface area contributed by atoms with Gasteiger partial charge in [0.25, 0.3) is 0 Å². The summed E-state index contributed by atoms with van der Waals surface area (Å²) in [4.78, 5) is 42.8. The SMILES string of the molecule is CC(C)(C)OC(=O)N1CCCC(C(=O)Nc2nc(-c3ncnc4[nH]ccc34)cs2)C1.[HH].[HH]. The van der Waals surface area contributed by atoms with E-state index >= 15 is 0 Å². The maximum Gasteiger partial charge on any atom is 0.410 e. The monoisotopic (exact) mass is 432 g/mol. The highest BCUT2D eigenvalue weighted by Gasteiger charge is 2.31. The maximum absolute atomic E-state index is 12.8. The number of hydrogen-bond acceptors (Lipinski definition) is 7. The lowest BCUT2D eigenvalue weighted by Crippen LogP contribution is -2.45. The number of likely N-dealkylation sites (tertiary alicyclic amines) is 1. The summed E-state index contributed by atoms with van der Waals surface area (Å²) in [5.74, 6) is -0.437. The van der Waals surface area contributed by atoms with E-state index in [0.29, 0.717) is 29.6 Å². The van der Waals surface area contributed by atoms with Crippen molar-refractivity contribution in [3.63, 3.8) is 0 Å². The number of carbonyl (C=O) groups is 2. The molecule has 1 fully saturated rings. The number of fused-ring (bicyclic) bond motifs is 1. The van der Waals surface area contributed by atoms with Gasteiger partial charge < -0.3 is 19.9 Å². The molecule has 4 rings (SSSR count). The van der Waals surface area contributed by atoms with E-state index in [1.54, 1.807) is 11.1 Å². The van der Waals surface area contributed by atoms with Crippen molar-refractivity contribution < 1.29 is 17.2 Å². The average molecular weight is 433 g/mol. The molecule has 4 heterocycles. The fourth-order valence-electron chi connectivity index (χ4n) is 3.41.